The van der Waals surface area contributed by atoms with Crippen molar-refractivity contribution >= 4 is 10.8 Å². The summed E-state index contributed by atoms with van der Waals surface area (Å²) < 4.78 is 0. The van der Waals surface area contributed by atoms with Gasteiger partial charge in [0.05, 0.1) is 0 Å². The summed E-state index contributed by atoms with van der Waals surface area (Å²) in [5.41, 5.74) is 1.93. The Hall–Kier alpha value is -1.34. The molecule has 0 heterocycles. The second-order valence-corrected chi connectivity index (χ2v) is 7.27. The quantitative estimate of drug-likeness (QED) is 0.849. The SMILES string of the molecule is CNC(Cc1ccc2ccccc2c1)C1CCCC1(C)C. The van der Waals surface area contributed by atoms with Gasteiger partial charge >= 0.3 is 0 Å². The smallest absolute Gasteiger partial charge is 0.0138 e. The van der Waals surface area contributed by atoms with Crippen LogP contribution in [0.25, 0.3) is 10.8 Å². The summed E-state index contributed by atoms with van der Waals surface area (Å²) in [4.78, 5) is 0. The van der Waals surface area contributed by atoms with E-state index in [0.717, 1.165) is 12.3 Å². The summed E-state index contributed by atoms with van der Waals surface area (Å²) in [5, 5.41) is 6.29. The van der Waals surface area contributed by atoms with Gasteiger partial charge in [-0.15, -0.1) is 0 Å². The van der Waals surface area contributed by atoms with E-state index in [2.05, 4.69) is 68.7 Å². The predicted octanol–water partition coefficient (Wildman–Crippen LogP) is 4.80. The van der Waals surface area contributed by atoms with Gasteiger partial charge in [0.2, 0.25) is 0 Å². The van der Waals surface area contributed by atoms with E-state index >= 15 is 0 Å². The first-order valence-corrected chi connectivity index (χ1v) is 8.25. The second kappa shape index (κ2) is 5.81. The molecule has 0 radical (unpaired) electrons. The molecule has 2 unspecified atom stereocenters. The Kier molecular flexibility index (Phi) is 4.03. The Labute approximate surface area is 128 Å². The van der Waals surface area contributed by atoms with Crippen LogP contribution in [0.3, 0.4) is 0 Å². The third-order valence-corrected chi connectivity index (χ3v) is 5.47. The molecule has 1 N–H and O–H groups in total. The van der Waals surface area contributed by atoms with Crippen LogP contribution in [0.2, 0.25) is 0 Å². The molecular formula is C20H27N. The topological polar surface area (TPSA) is 12.0 Å². The zero-order valence-electron chi connectivity index (χ0n) is 13.5. The van der Waals surface area contributed by atoms with Crippen molar-refractivity contribution in [1.29, 1.82) is 0 Å². The molecule has 2 atom stereocenters. The van der Waals surface area contributed by atoms with Crippen LogP contribution in [0.4, 0.5) is 0 Å². The fourth-order valence-electron chi connectivity index (χ4n) is 4.16. The molecule has 112 valence electrons. The maximum absolute atomic E-state index is 3.60. The average Bonchev–Trinajstić information content (AvgIpc) is 2.84. The van der Waals surface area contributed by atoms with Gasteiger partial charge in [0.1, 0.15) is 0 Å². The van der Waals surface area contributed by atoms with Crippen molar-refractivity contribution in [2.45, 2.75) is 45.6 Å². The molecule has 0 spiro atoms. The molecule has 2 aromatic rings. The zero-order valence-corrected chi connectivity index (χ0v) is 13.5. The lowest BCUT2D eigenvalue weighted by Crippen LogP contribution is -2.40. The van der Waals surface area contributed by atoms with E-state index in [1.807, 2.05) is 0 Å². The molecular weight excluding hydrogens is 254 g/mol. The molecule has 1 aliphatic carbocycles. The van der Waals surface area contributed by atoms with Gasteiger partial charge in [0, 0.05) is 6.04 Å². The normalized spacial score (nSPS) is 22.5. The van der Waals surface area contributed by atoms with Crippen LogP contribution in [0.1, 0.15) is 38.7 Å². The molecule has 0 amide bonds. The summed E-state index contributed by atoms with van der Waals surface area (Å²) in [7, 11) is 2.13. The molecule has 1 aliphatic rings. The first-order chi connectivity index (χ1) is 10.1. The Morgan fingerprint density at radius 2 is 1.90 bits per heavy atom. The number of hydrogen-bond acceptors (Lipinski definition) is 1. The van der Waals surface area contributed by atoms with Gasteiger partial charge in [-0.05, 0) is 54.0 Å². The Morgan fingerprint density at radius 3 is 2.57 bits per heavy atom. The predicted molar refractivity (Wildman–Crippen MR) is 91.6 cm³/mol. The third-order valence-electron chi connectivity index (χ3n) is 5.47. The van der Waals surface area contributed by atoms with Gasteiger partial charge in [-0.1, -0.05) is 62.7 Å². The minimum atomic E-state index is 0.477. The van der Waals surface area contributed by atoms with E-state index in [4.69, 9.17) is 0 Å². The van der Waals surface area contributed by atoms with Crippen LogP contribution in [0, 0.1) is 11.3 Å². The minimum Gasteiger partial charge on any atom is -0.316 e. The van der Waals surface area contributed by atoms with Crippen molar-refractivity contribution in [3.8, 4) is 0 Å². The van der Waals surface area contributed by atoms with Crippen molar-refractivity contribution in [3.05, 3.63) is 48.0 Å². The van der Waals surface area contributed by atoms with E-state index in [-0.39, 0.29) is 0 Å². The molecule has 3 rings (SSSR count). The lowest BCUT2D eigenvalue weighted by atomic mass is 9.76. The van der Waals surface area contributed by atoms with Crippen molar-refractivity contribution in [1.82, 2.24) is 5.32 Å². The summed E-state index contributed by atoms with van der Waals surface area (Å²) in [6, 6.07) is 16.2. The lowest BCUT2D eigenvalue weighted by molar-refractivity contribution is 0.201. The van der Waals surface area contributed by atoms with Gasteiger partial charge < -0.3 is 5.32 Å². The molecule has 1 nitrogen and oxygen atoms in total. The average molecular weight is 281 g/mol. The molecule has 2 aromatic carbocycles. The highest BCUT2D eigenvalue weighted by atomic mass is 14.9. The monoisotopic (exact) mass is 281 g/mol. The maximum atomic E-state index is 3.60. The van der Waals surface area contributed by atoms with Crippen LogP contribution >= 0.6 is 0 Å². The van der Waals surface area contributed by atoms with E-state index in [9.17, 15) is 0 Å². The first kappa shape index (κ1) is 14.6. The van der Waals surface area contributed by atoms with Crippen molar-refractivity contribution in [3.63, 3.8) is 0 Å². The summed E-state index contributed by atoms with van der Waals surface area (Å²) in [6.45, 7) is 4.88. The number of rotatable bonds is 4. The minimum absolute atomic E-state index is 0.477. The summed E-state index contributed by atoms with van der Waals surface area (Å²) >= 11 is 0. The molecule has 1 heteroatoms. The molecule has 0 aromatic heterocycles. The highest BCUT2D eigenvalue weighted by Gasteiger charge is 2.38. The molecule has 21 heavy (non-hydrogen) atoms. The van der Waals surface area contributed by atoms with Crippen LogP contribution in [-0.2, 0) is 6.42 Å². The van der Waals surface area contributed by atoms with Crippen LogP contribution in [0.5, 0.6) is 0 Å². The molecule has 0 bridgehead atoms. The van der Waals surface area contributed by atoms with Gasteiger partial charge in [-0.3, -0.25) is 0 Å². The number of hydrogen-bond donors (Lipinski definition) is 1. The molecule has 0 saturated heterocycles. The number of nitrogens with one attached hydrogen (secondary N) is 1. The van der Waals surface area contributed by atoms with Crippen molar-refractivity contribution in [2.24, 2.45) is 11.3 Å². The molecule has 1 saturated carbocycles. The van der Waals surface area contributed by atoms with Crippen LogP contribution < -0.4 is 5.32 Å². The molecule has 1 fully saturated rings. The molecule has 0 aliphatic heterocycles. The van der Waals surface area contributed by atoms with Crippen LogP contribution in [0.15, 0.2) is 42.5 Å². The van der Waals surface area contributed by atoms with Gasteiger partial charge in [0.15, 0.2) is 0 Å². The fraction of sp³-hybridized carbons (Fsp3) is 0.500. The maximum Gasteiger partial charge on any atom is 0.0138 e. The van der Waals surface area contributed by atoms with E-state index in [0.29, 0.717) is 11.5 Å². The van der Waals surface area contributed by atoms with Gasteiger partial charge in [0.25, 0.3) is 0 Å². The number of benzene rings is 2. The second-order valence-electron chi connectivity index (χ2n) is 7.27. The van der Waals surface area contributed by atoms with Crippen molar-refractivity contribution in [2.75, 3.05) is 7.05 Å². The highest BCUT2D eigenvalue weighted by molar-refractivity contribution is 5.82. The highest BCUT2D eigenvalue weighted by Crippen LogP contribution is 2.44. The Balaban J connectivity index is 1.82. The first-order valence-electron chi connectivity index (χ1n) is 8.25. The fourth-order valence-corrected chi connectivity index (χ4v) is 4.16. The van der Waals surface area contributed by atoms with E-state index < -0.39 is 0 Å². The van der Waals surface area contributed by atoms with E-state index in [1.165, 1.54) is 35.6 Å². The van der Waals surface area contributed by atoms with Crippen LogP contribution in [-0.4, -0.2) is 13.1 Å². The zero-order chi connectivity index (χ0) is 14.9. The van der Waals surface area contributed by atoms with Crippen molar-refractivity contribution < 1.29 is 0 Å². The largest absolute Gasteiger partial charge is 0.316 e. The number of fused-ring (bicyclic) bond motifs is 1. The summed E-state index contributed by atoms with van der Waals surface area (Å²) in [5.74, 6) is 0.786. The standard InChI is InChI=1S/C20H27N/c1-20(2)12-6-9-18(20)19(21-3)14-15-10-11-16-7-4-5-8-17(16)13-15/h4-5,7-8,10-11,13,18-19,21H,6,9,12,14H2,1-3H3. The Morgan fingerprint density at radius 1 is 1.14 bits per heavy atom. The summed E-state index contributed by atoms with van der Waals surface area (Å²) in [6.07, 6.45) is 5.25. The third kappa shape index (κ3) is 2.98. The van der Waals surface area contributed by atoms with Gasteiger partial charge in [-0.2, -0.15) is 0 Å². The lowest BCUT2D eigenvalue weighted by Gasteiger charge is -2.34. The van der Waals surface area contributed by atoms with E-state index in [1.54, 1.807) is 0 Å². The Bertz CT molecular complexity index is 614. The number of likely N-dealkylation sites (N-methyl/N-ethyl adjacent to an activating group) is 1. The van der Waals surface area contributed by atoms with Gasteiger partial charge in [-0.25, -0.2) is 0 Å².